The van der Waals surface area contributed by atoms with Crippen molar-refractivity contribution in [1.82, 2.24) is 0 Å². The molecule has 2 aliphatic rings. The SMILES string of the molecule is COc1ccccc1NS(=O)(=O)c1ccc2c(c1)[C@H]1C=CC[C@H]1[C@@H](c1ccc(C(C)(C)C)cc1)N2. The summed E-state index contributed by atoms with van der Waals surface area (Å²) in [6.45, 7) is 6.67. The molecule has 0 saturated carbocycles. The van der Waals surface area contributed by atoms with Crippen LogP contribution in [0.3, 0.4) is 0 Å². The topological polar surface area (TPSA) is 67.4 Å². The fraction of sp³-hybridized carbons (Fsp3) is 0.310. The van der Waals surface area contributed by atoms with Gasteiger partial charge in [-0.05, 0) is 64.8 Å². The molecule has 3 aromatic rings. The van der Waals surface area contributed by atoms with Crippen LogP contribution in [0.15, 0.2) is 83.8 Å². The molecule has 5 rings (SSSR count). The Morgan fingerprint density at radius 1 is 1.00 bits per heavy atom. The van der Waals surface area contributed by atoms with Gasteiger partial charge in [0.15, 0.2) is 0 Å². The molecule has 3 atom stereocenters. The van der Waals surface area contributed by atoms with Crippen LogP contribution in [0, 0.1) is 5.92 Å². The molecule has 1 aliphatic heterocycles. The third-order valence-electron chi connectivity index (χ3n) is 7.13. The van der Waals surface area contributed by atoms with Crippen LogP contribution >= 0.6 is 0 Å². The fourth-order valence-corrected chi connectivity index (χ4v) is 6.30. The number of ether oxygens (including phenoxy) is 1. The Labute approximate surface area is 208 Å². The van der Waals surface area contributed by atoms with Crippen molar-refractivity contribution in [3.05, 3.63) is 95.6 Å². The van der Waals surface area contributed by atoms with E-state index < -0.39 is 10.0 Å². The van der Waals surface area contributed by atoms with Crippen molar-refractivity contribution in [2.75, 3.05) is 17.1 Å². The van der Waals surface area contributed by atoms with E-state index in [-0.39, 0.29) is 22.3 Å². The van der Waals surface area contributed by atoms with Crippen LogP contribution in [0.1, 0.15) is 55.8 Å². The zero-order valence-corrected chi connectivity index (χ0v) is 21.4. The second-order valence-corrected chi connectivity index (χ2v) is 12.1. The van der Waals surface area contributed by atoms with Gasteiger partial charge in [-0.2, -0.15) is 0 Å². The first-order chi connectivity index (χ1) is 16.7. The predicted octanol–water partition coefficient (Wildman–Crippen LogP) is 6.62. The molecule has 0 aromatic heterocycles. The van der Waals surface area contributed by atoms with Crippen molar-refractivity contribution in [2.24, 2.45) is 5.92 Å². The van der Waals surface area contributed by atoms with Gasteiger partial charge in [0, 0.05) is 11.6 Å². The largest absolute Gasteiger partial charge is 0.495 e. The molecule has 1 heterocycles. The van der Waals surface area contributed by atoms with Gasteiger partial charge in [-0.1, -0.05) is 69.3 Å². The molecule has 0 amide bonds. The highest BCUT2D eigenvalue weighted by molar-refractivity contribution is 7.92. The minimum Gasteiger partial charge on any atom is -0.495 e. The van der Waals surface area contributed by atoms with Crippen LogP contribution < -0.4 is 14.8 Å². The summed E-state index contributed by atoms with van der Waals surface area (Å²) in [5, 5.41) is 3.71. The molecule has 0 bridgehead atoms. The predicted molar refractivity (Wildman–Crippen MR) is 142 cm³/mol. The van der Waals surface area contributed by atoms with Crippen LogP contribution in [0.4, 0.5) is 11.4 Å². The minimum atomic E-state index is -3.77. The number of hydrogen-bond donors (Lipinski definition) is 2. The van der Waals surface area contributed by atoms with Crippen LogP contribution in [0.5, 0.6) is 5.75 Å². The first-order valence-electron chi connectivity index (χ1n) is 12.0. The Hall–Kier alpha value is -3.25. The molecule has 182 valence electrons. The Kier molecular flexibility index (Phi) is 5.88. The summed E-state index contributed by atoms with van der Waals surface area (Å²) in [4.78, 5) is 0.246. The quantitative estimate of drug-likeness (QED) is 0.396. The highest BCUT2D eigenvalue weighted by Crippen LogP contribution is 2.50. The maximum absolute atomic E-state index is 13.2. The monoisotopic (exact) mass is 488 g/mol. The van der Waals surface area contributed by atoms with E-state index in [2.05, 4.69) is 67.2 Å². The van der Waals surface area contributed by atoms with Crippen LogP contribution in [0.25, 0.3) is 0 Å². The van der Waals surface area contributed by atoms with Gasteiger partial charge in [0.25, 0.3) is 10.0 Å². The second kappa shape index (κ2) is 8.76. The molecule has 0 spiro atoms. The second-order valence-electron chi connectivity index (χ2n) is 10.4. The molecule has 2 N–H and O–H groups in total. The summed E-state index contributed by atoms with van der Waals surface area (Å²) in [5.74, 6) is 0.984. The van der Waals surface area contributed by atoms with Crippen molar-refractivity contribution in [1.29, 1.82) is 0 Å². The van der Waals surface area contributed by atoms with Gasteiger partial charge >= 0.3 is 0 Å². The number of allylic oxidation sites excluding steroid dienone is 2. The van der Waals surface area contributed by atoms with E-state index in [9.17, 15) is 8.42 Å². The zero-order chi connectivity index (χ0) is 24.8. The smallest absolute Gasteiger partial charge is 0.262 e. The summed E-state index contributed by atoms with van der Waals surface area (Å²) in [6, 6.07) is 21.5. The van der Waals surface area contributed by atoms with E-state index in [0.717, 1.165) is 17.7 Å². The van der Waals surface area contributed by atoms with Gasteiger partial charge in [0.1, 0.15) is 5.75 Å². The van der Waals surface area contributed by atoms with Gasteiger partial charge in [-0.15, -0.1) is 0 Å². The van der Waals surface area contributed by atoms with E-state index in [4.69, 9.17) is 4.74 Å². The van der Waals surface area contributed by atoms with Gasteiger partial charge in [-0.3, -0.25) is 4.72 Å². The molecular formula is C29H32N2O3S. The van der Waals surface area contributed by atoms with E-state index in [1.807, 2.05) is 12.1 Å². The van der Waals surface area contributed by atoms with Gasteiger partial charge in [0.2, 0.25) is 0 Å². The Bertz CT molecular complexity index is 1370. The van der Waals surface area contributed by atoms with Crippen molar-refractivity contribution in [2.45, 2.75) is 49.5 Å². The van der Waals surface area contributed by atoms with Crippen LogP contribution in [0.2, 0.25) is 0 Å². The van der Waals surface area contributed by atoms with Gasteiger partial charge in [-0.25, -0.2) is 8.42 Å². The Balaban J connectivity index is 1.46. The first kappa shape index (κ1) is 23.5. The fourth-order valence-electron chi connectivity index (χ4n) is 5.19. The summed E-state index contributed by atoms with van der Waals surface area (Å²) >= 11 is 0. The lowest BCUT2D eigenvalue weighted by molar-refractivity contribution is 0.417. The average Bonchev–Trinajstić information content (AvgIpc) is 3.33. The van der Waals surface area contributed by atoms with Crippen molar-refractivity contribution in [3.8, 4) is 5.75 Å². The van der Waals surface area contributed by atoms with E-state index in [1.54, 1.807) is 30.3 Å². The molecule has 1 aliphatic carbocycles. The van der Waals surface area contributed by atoms with Crippen LogP contribution in [-0.2, 0) is 15.4 Å². The molecule has 6 heteroatoms. The molecule has 3 aromatic carbocycles. The zero-order valence-electron chi connectivity index (χ0n) is 20.6. The molecule has 0 saturated heterocycles. The number of benzene rings is 3. The number of fused-ring (bicyclic) bond motifs is 3. The summed E-state index contributed by atoms with van der Waals surface area (Å²) < 4.78 is 34.5. The normalized spacial score (nSPS) is 21.1. The van der Waals surface area contributed by atoms with E-state index in [0.29, 0.717) is 17.4 Å². The van der Waals surface area contributed by atoms with E-state index in [1.165, 1.54) is 18.2 Å². The van der Waals surface area contributed by atoms with Gasteiger partial charge in [0.05, 0.1) is 23.7 Å². The maximum atomic E-state index is 13.2. The van der Waals surface area contributed by atoms with Crippen molar-refractivity contribution < 1.29 is 13.2 Å². The Morgan fingerprint density at radius 2 is 1.74 bits per heavy atom. The number of anilines is 2. The number of hydrogen-bond acceptors (Lipinski definition) is 4. The third-order valence-corrected chi connectivity index (χ3v) is 8.49. The number of rotatable bonds is 5. The lowest BCUT2D eigenvalue weighted by Crippen LogP contribution is -2.29. The number of para-hydroxylation sites is 2. The number of nitrogens with one attached hydrogen (secondary N) is 2. The maximum Gasteiger partial charge on any atom is 0.262 e. The number of sulfonamides is 1. The summed E-state index contributed by atoms with van der Waals surface area (Å²) in [7, 11) is -2.25. The lowest BCUT2D eigenvalue weighted by atomic mass is 9.76. The summed E-state index contributed by atoms with van der Waals surface area (Å²) in [6.07, 6.45) is 5.40. The molecule has 35 heavy (non-hydrogen) atoms. The van der Waals surface area contributed by atoms with Gasteiger partial charge < -0.3 is 10.1 Å². The molecule has 0 fully saturated rings. The van der Waals surface area contributed by atoms with E-state index >= 15 is 0 Å². The highest BCUT2D eigenvalue weighted by Gasteiger charge is 2.38. The first-order valence-corrected chi connectivity index (χ1v) is 13.5. The molecule has 0 unspecified atom stereocenters. The summed E-state index contributed by atoms with van der Waals surface area (Å²) in [5.41, 5.74) is 5.12. The molecule has 5 nitrogen and oxygen atoms in total. The highest BCUT2D eigenvalue weighted by atomic mass is 32.2. The molecular weight excluding hydrogens is 456 g/mol. The van der Waals surface area contributed by atoms with Crippen molar-refractivity contribution in [3.63, 3.8) is 0 Å². The van der Waals surface area contributed by atoms with Crippen LogP contribution in [-0.4, -0.2) is 15.5 Å². The molecule has 0 radical (unpaired) electrons. The third kappa shape index (κ3) is 4.43. The minimum absolute atomic E-state index is 0.113. The van der Waals surface area contributed by atoms with Crippen molar-refractivity contribution >= 4 is 21.4 Å². The Morgan fingerprint density at radius 3 is 2.46 bits per heavy atom. The average molecular weight is 489 g/mol. The lowest BCUT2D eigenvalue weighted by Gasteiger charge is -2.38. The number of methoxy groups -OCH3 is 1. The standard InChI is InChI=1S/C29H32N2O3S/c1-29(2,3)20-14-12-19(13-15-20)28-23-9-7-8-22(23)24-18-21(16-17-25(24)30-28)35(32,33)31-26-10-5-6-11-27(26)34-4/h5-8,10-18,22-23,28,30-31H,9H2,1-4H3/t22-,23+,28+/m0/s1.